The second-order valence-corrected chi connectivity index (χ2v) is 5.91. The summed E-state index contributed by atoms with van der Waals surface area (Å²) in [7, 11) is -0.243. The third-order valence-electron chi connectivity index (χ3n) is 1.87. The van der Waals surface area contributed by atoms with Crippen molar-refractivity contribution in [1.82, 2.24) is 4.98 Å². The molecule has 0 bridgehead atoms. The highest BCUT2D eigenvalue weighted by Crippen LogP contribution is 2.44. The van der Waals surface area contributed by atoms with Gasteiger partial charge >= 0.3 is 27.4 Å². The summed E-state index contributed by atoms with van der Waals surface area (Å²) in [6.07, 6.45) is -11.4. The Bertz CT molecular complexity index is 715. The first-order chi connectivity index (χ1) is 9.63. The van der Waals surface area contributed by atoms with Crippen molar-refractivity contribution in [2.24, 2.45) is 0 Å². The minimum atomic E-state index is -5.68. The SMILES string of the molecule is O=[N+]([O-])c1nc(S(=O)(=O)Cl)cc(OC(F)(F)F)c1C(F)(F)F. The number of pyridine rings is 1. The van der Waals surface area contributed by atoms with Crippen molar-refractivity contribution in [2.45, 2.75) is 17.6 Å². The number of nitro groups is 1. The molecule has 1 aromatic rings. The Balaban J connectivity index is 3.83. The standard InChI is InChI=1S/C7HClF6N2O5S/c8-22(19,20)3-1-2(21-7(12,13)14)4(6(9,10)11)5(15-3)16(17)18/h1H. The van der Waals surface area contributed by atoms with Crippen LogP contribution in [0.2, 0.25) is 0 Å². The normalized spacial score (nSPS) is 13.0. The van der Waals surface area contributed by atoms with Crippen LogP contribution in [-0.2, 0) is 15.2 Å². The third kappa shape index (κ3) is 4.33. The average Bonchev–Trinajstić information content (AvgIpc) is 2.22. The van der Waals surface area contributed by atoms with E-state index in [-0.39, 0.29) is 6.07 Å². The Labute approximate surface area is 121 Å². The number of hydrogen-bond donors (Lipinski definition) is 0. The van der Waals surface area contributed by atoms with Crippen LogP contribution in [0.1, 0.15) is 5.56 Å². The second-order valence-electron chi connectivity index (χ2n) is 3.40. The van der Waals surface area contributed by atoms with Crippen molar-refractivity contribution in [3.63, 3.8) is 0 Å². The van der Waals surface area contributed by atoms with Gasteiger partial charge in [0, 0.05) is 16.7 Å². The smallest absolute Gasteiger partial charge is 0.405 e. The van der Waals surface area contributed by atoms with Gasteiger partial charge < -0.3 is 14.9 Å². The molecule has 0 unspecified atom stereocenters. The van der Waals surface area contributed by atoms with E-state index in [1.54, 1.807) is 0 Å². The van der Waals surface area contributed by atoms with Crippen molar-refractivity contribution < 1.29 is 44.4 Å². The summed E-state index contributed by atoms with van der Waals surface area (Å²) in [5.74, 6) is -4.37. The maximum Gasteiger partial charge on any atom is 0.573 e. The first-order valence-electron chi connectivity index (χ1n) is 4.60. The van der Waals surface area contributed by atoms with Gasteiger partial charge in [0.15, 0.2) is 11.3 Å². The fraction of sp³-hybridized carbons (Fsp3) is 0.286. The van der Waals surface area contributed by atoms with Crippen molar-refractivity contribution in [3.8, 4) is 5.75 Å². The van der Waals surface area contributed by atoms with E-state index in [1.165, 1.54) is 0 Å². The molecule has 1 rings (SSSR count). The Hall–Kier alpha value is -1.83. The third-order valence-corrected chi connectivity index (χ3v) is 3.06. The molecule has 0 radical (unpaired) electrons. The zero-order valence-corrected chi connectivity index (χ0v) is 11.1. The van der Waals surface area contributed by atoms with E-state index >= 15 is 0 Å². The highest BCUT2D eigenvalue weighted by Gasteiger charge is 2.47. The van der Waals surface area contributed by atoms with Crippen LogP contribution in [0.25, 0.3) is 0 Å². The van der Waals surface area contributed by atoms with Crippen molar-refractivity contribution in [2.75, 3.05) is 0 Å². The van der Waals surface area contributed by atoms with Crippen molar-refractivity contribution in [1.29, 1.82) is 0 Å². The van der Waals surface area contributed by atoms with E-state index < -0.39 is 48.7 Å². The van der Waals surface area contributed by atoms with Gasteiger partial charge in [0.1, 0.15) is 0 Å². The molecule has 0 aliphatic heterocycles. The molecule has 0 aromatic carbocycles. The Morgan fingerprint density at radius 3 is 2.05 bits per heavy atom. The van der Waals surface area contributed by atoms with Crippen LogP contribution in [0.3, 0.4) is 0 Å². The predicted octanol–water partition coefficient (Wildman–Crippen LogP) is 2.83. The molecule has 0 spiro atoms. The number of rotatable bonds is 3. The summed E-state index contributed by atoms with van der Waals surface area (Å²) in [6.45, 7) is 0. The summed E-state index contributed by atoms with van der Waals surface area (Å²) in [5.41, 5.74) is -2.50. The fourth-order valence-electron chi connectivity index (χ4n) is 1.22. The molecule has 0 amide bonds. The van der Waals surface area contributed by atoms with E-state index in [9.17, 15) is 44.9 Å². The molecule has 7 nitrogen and oxygen atoms in total. The highest BCUT2D eigenvalue weighted by atomic mass is 35.7. The first-order valence-corrected chi connectivity index (χ1v) is 6.91. The number of aromatic nitrogens is 1. The fourth-order valence-corrected chi connectivity index (χ4v) is 1.90. The first kappa shape index (κ1) is 18.2. The summed E-state index contributed by atoms with van der Waals surface area (Å²) in [5, 5.41) is 8.93. The van der Waals surface area contributed by atoms with Gasteiger partial charge in [-0.25, -0.2) is 8.42 Å². The molecule has 0 aliphatic rings. The largest absolute Gasteiger partial charge is 0.573 e. The van der Waals surface area contributed by atoms with Crippen LogP contribution < -0.4 is 4.74 Å². The Morgan fingerprint density at radius 1 is 1.23 bits per heavy atom. The van der Waals surface area contributed by atoms with E-state index in [2.05, 4.69) is 9.72 Å². The molecule has 0 N–H and O–H groups in total. The molecular formula is C7HClF6N2O5S. The lowest BCUT2D eigenvalue weighted by Crippen LogP contribution is -2.22. The lowest BCUT2D eigenvalue weighted by Gasteiger charge is -2.14. The molecular weight excluding hydrogens is 374 g/mol. The maximum absolute atomic E-state index is 12.7. The Morgan fingerprint density at radius 2 is 1.73 bits per heavy atom. The molecule has 0 aliphatic carbocycles. The number of nitrogens with zero attached hydrogens (tertiary/aromatic N) is 2. The number of alkyl halides is 6. The minimum Gasteiger partial charge on any atom is -0.405 e. The number of ether oxygens (including phenoxy) is 1. The van der Waals surface area contributed by atoms with Gasteiger partial charge in [0.2, 0.25) is 0 Å². The van der Waals surface area contributed by atoms with Crippen LogP contribution in [0, 0.1) is 10.1 Å². The van der Waals surface area contributed by atoms with Crippen LogP contribution in [0.5, 0.6) is 5.75 Å². The summed E-state index contributed by atoms with van der Waals surface area (Å²) < 4.78 is 99.3. The van der Waals surface area contributed by atoms with Gasteiger partial charge in [-0.1, -0.05) is 0 Å². The molecule has 0 saturated heterocycles. The predicted molar refractivity (Wildman–Crippen MR) is 55.6 cm³/mol. The summed E-state index contributed by atoms with van der Waals surface area (Å²) in [4.78, 5) is 11.2. The lowest BCUT2D eigenvalue weighted by molar-refractivity contribution is -0.393. The molecule has 22 heavy (non-hydrogen) atoms. The van der Waals surface area contributed by atoms with E-state index in [0.717, 1.165) is 0 Å². The monoisotopic (exact) mass is 374 g/mol. The van der Waals surface area contributed by atoms with Gasteiger partial charge in [-0.15, -0.1) is 13.2 Å². The van der Waals surface area contributed by atoms with Gasteiger partial charge in [0.05, 0.1) is 0 Å². The molecule has 15 heteroatoms. The maximum atomic E-state index is 12.7. The molecule has 1 heterocycles. The Kier molecular flexibility index (Phi) is 4.49. The van der Waals surface area contributed by atoms with E-state index in [1.807, 2.05) is 0 Å². The van der Waals surface area contributed by atoms with E-state index in [0.29, 0.717) is 0 Å². The van der Waals surface area contributed by atoms with Crippen molar-refractivity contribution in [3.05, 3.63) is 21.7 Å². The average molecular weight is 375 g/mol. The summed E-state index contributed by atoms with van der Waals surface area (Å²) >= 11 is 0. The van der Waals surface area contributed by atoms with Crippen LogP contribution >= 0.6 is 10.7 Å². The molecule has 1 aromatic heterocycles. The van der Waals surface area contributed by atoms with Gasteiger partial charge in [-0.2, -0.15) is 13.2 Å². The van der Waals surface area contributed by atoms with Crippen LogP contribution in [0.4, 0.5) is 32.2 Å². The van der Waals surface area contributed by atoms with Crippen LogP contribution in [-0.4, -0.2) is 24.7 Å². The number of halogens is 7. The minimum absolute atomic E-state index is 0.314. The lowest BCUT2D eigenvalue weighted by atomic mass is 10.2. The van der Waals surface area contributed by atoms with Crippen molar-refractivity contribution >= 4 is 25.6 Å². The van der Waals surface area contributed by atoms with Gasteiger partial charge in [-0.05, 0) is 9.91 Å². The van der Waals surface area contributed by atoms with Crippen LogP contribution in [0.15, 0.2) is 11.1 Å². The molecule has 124 valence electrons. The molecule has 0 saturated carbocycles. The molecule has 0 atom stereocenters. The quantitative estimate of drug-likeness (QED) is 0.349. The summed E-state index contributed by atoms with van der Waals surface area (Å²) in [6, 6.07) is -0.314. The van der Waals surface area contributed by atoms with Gasteiger partial charge in [0.25, 0.3) is 5.03 Å². The highest BCUT2D eigenvalue weighted by molar-refractivity contribution is 8.13. The second kappa shape index (κ2) is 5.42. The zero-order valence-electron chi connectivity index (χ0n) is 9.57. The van der Waals surface area contributed by atoms with E-state index in [4.69, 9.17) is 10.7 Å². The van der Waals surface area contributed by atoms with Gasteiger partial charge in [-0.3, -0.25) is 0 Å². The zero-order chi connectivity index (χ0) is 17.5. The molecule has 0 fully saturated rings. The topological polar surface area (TPSA) is 99.4 Å². The number of hydrogen-bond acceptors (Lipinski definition) is 6.